The number of nitriles is 3. The van der Waals surface area contributed by atoms with Gasteiger partial charge in [0.25, 0.3) is 0 Å². The molecular formula is C12H12N4O2. The maximum Gasteiger partial charge on any atom is 0.214 e. The maximum atomic E-state index is 9.45. The molecule has 0 amide bonds. The van der Waals surface area contributed by atoms with Crippen LogP contribution in [0.1, 0.15) is 20.8 Å². The molecule has 0 spiro atoms. The van der Waals surface area contributed by atoms with Crippen LogP contribution >= 0.6 is 0 Å². The van der Waals surface area contributed by atoms with Crippen molar-refractivity contribution in [2.45, 2.75) is 32.7 Å². The van der Waals surface area contributed by atoms with E-state index in [1.807, 2.05) is 18.2 Å². The Bertz CT molecular complexity index is 538. The Kier molecular flexibility index (Phi) is 2.21. The van der Waals surface area contributed by atoms with Gasteiger partial charge in [0.1, 0.15) is 0 Å². The fourth-order valence-electron chi connectivity index (χ4n) is 2.98. The summed E-state index contributed by atoms with van der Waals surface area (Å²) in [6.45, 7) is 4.82. The number of ether oxygens (including phenoxy) is 2. The Balaban J connectivity index is 2.82. The largest absolute Gasteiger partial charge is 0.448 e. The molecule has 0 radical (unpaired) electrons. The molecule has 0 aromatic heterocycles. The molecule has 0 aromatic rings. The van der Waals surface area contributed by atoms with Crippen LogP contribution in [0.25, 0.3) is 0 Å². The van der Waals surface area contributed by atoms with E-state index < -0.39 is 28.6 Å². The number of hydrogen-bond donors (Lipinski definition) is 1. The van der Waals surface area contributed by atoms with Crippen LogP contribution in [0.4, 0.5) is 0 Å². The fraction of sp³-hybridized carbons (Fsp3) is 0.667. The highest BCUT2D eigenvalue weighted by Crippen LogP contribution is 2.61. The van der Waals surface area contributed by atoms with Gasteiger partial charge in [0, 0.05) is 6.92 Å². The van der Waals surface area contributed by atoms with E-state index in [1.54, 1.807) is 20.8 Å². The van der Waals surface area contributed by atoms with Crippen LogP contribution in [0.15, 0.2) is 0 Å². The van der Waals surface area contributed by atoms with Gasteiger partial charge in [-0.15, -0.1) is 0 Å². The maximum absolute atomic E-state index is 9.45. The molecule has 3 saturated heterocycles. The summed E-state index contributed by atoms with van der Waals surface area (Å²) in [5.41, 5.74) is -3.31. The van der Waals surface area contributed by atoms with Crippen LogP contribution in [-0.2, 0) is 9.47 Å². The number of nitrogens with one attached hydrogen (secondary N) is 1. The first-order valence-corrected chi connectivity index (χ1v) is 5.54. The zero-order valence-electron chi connectivity index (χ0n) is 10.3. The van der Waals surface area contributed by atoms with Crippen molar-refractivity contribution < 1.29 is 9.47 Å². The van der Waals surface area contributed by atoms with Crippen molar-refractivity contribution in [2.24, 2.45) is 16.7 Å². The Hall–Kier alpha value is -2.10. The molecule has 0 aliphatic carbocycles. The van der Waals surface area contributed by atoms with Crippen molar-refractivity contribution >= 4 is 5.90 Å². The minimum absolute atomic E-state index is 0.354. The van der Waals surface area contributed by atoms with E-state index in [1.165, 1.54) is 0 Å². The van der Waals surface area contributed by atoms with Crippen LogP contribution in [0.3, 0.4) is 0 Å². The molecule has 6 nitrogen and oxygen atoms in total. The second kappa shape index (κ2) is 3.22. The Morgan fingerprint density at radius 2 is 1.72 bits per heavy atom. The zero-order chi connectivity index (χ0) is 13.8. The third-order valence-electron chi connectivity index (χ3n) is 4.27. The summed E-state index contributed by atoms with van der Waals surface area (Å²) in [5.74, 6) is -2.21. The van der Waals surface area contributed by atoms with Crippen LogP contribution in [0.2, 0.25) is 0 Å². The summed E-state index contributed by atoms with van der Waals surface area (Å²) in [7, 11) is 0. The molecule has 4 atom stereocenters. The minimum atomic E-state index is -1.67. The Morgan fingerprint density at radius 3 is 2.11 bits per heavy atom. The summed E-state index contributed by atoms with van der Waals surface area (Å²) in [5, 5.41) is 36.3. The predicted octanol–water partition coefficient (Wildman–Crippen LogP) is 1.31. The minimum Gasteiger partial charge on any atom is -0.448 e. The summed E-state index contributed by atoms with van der Waals surface area (Å²) < 4.78 is 11.0. The third-order valence-corrected chi connectivity index (χ3v) is 4.27. The molecular weight excluding hydrogens is 232 g/mol. The molecule has 0 unspecified atom stereocenters. The highest BCUT2D eigenvalue weighted by Gasteiger charge is 2.76. The second-order valence-electron chi connectivity index (χ2n) is 4.88. The number of nitrogens with zero attached hydrogens (tertiary/aromatic N) is 3. The van der Waals surface area contributed by atoms with Crippen molar-refractivity contribution in [3.63, 3.8) is 0 Å². The molecule has 3 fully saturated rings. The van der Waals surface area contributed by atoms with Crippen LogP contribution in [0.5, 0.6) is 0 Å². The lowest BCUT2D eigenvalue weighted by atomic mass is 9.52. The van der Waals surface area contributed by atoms with Gasteiger partial charge in [-0.25, -0.2) is 0 Å². The Labute approximate surface area is 105 Å². The van der Waals surface area contributed by atoms with Gasteiger partial charge < -0.3 is 9.47 Å². The molecule has 6 heteroatoms. The van der Waals surface area contributed by atoms with Crippen LogP contribution < -0.4 is 0 Å². The number of fused-ring (bicyclic) bond motifs is 3. The highest BCUT2D eigenvalue weighted by atomic mass is 16.7. The van der Waals surface area contributed by atoms with Gasteiger partial charge in [0.15, 0.2) is 10.8 Å². The van der Waals surface area contributed by atoms with E-state index in [2.05, 4.69) is 0 Å². The van der Waals surface area contributed by atoms with E-state index >= 15 is 0 Å². The van der Waals surface area contributed by atoms with E-state index in [-0.39, 0.29) is 5.90 Å². The average Bonchev–Trinajstić information content (AvgIpc) is 2.32. The van der Waals surface area contributed by atoms with Gasteiger partial charge in [-0.05, 0) is 6.92 Å². The number of rotatable bonds is 0. The average molecular weight is 244 g/mol. The second-order valence-corrected chi connectivity index (χ2v) is 4.88. The predicted molar refractivity (Wildman–Crippen MR) is 58.6 cm³/mol. The molecule has 0 aromatic carbocycles. The Morgan fingerprint density at radius 1 is 1.17 bits per heavy atom. The third kappa shape index (κ3) is 0.929. The quantitative estimate of drug-likeness (QED) is 0.689. The van der Waals surface area contributed by atoms with Gasteiger partial charge in [-0.2, -0.15) is 15.8 Å². The van der Waals surface area contributed by atoms with Crippen molar-refractivity contribution in [1.29, 1.82) is 21.2 Å². The molecule has 3 aliphatic rings. The summed E-state index contributed by atoms with van der Waals surface area (Å²) >= 11 is 0. The summed E-state index contributed by atoms with van der Waals surface area (Å²) in [4.78, 5) is 0. The zero-order valence-corrected chi connectivity index (χ0v) is 10.3. The standard InChI is InChI=1S/C12H12N4O2/c1-7-10(3)17-8(2)12(6-15,9(16)18-10)11(7,4-13)5-14/h7-8,16H,1-3H3/t7-,8-,10-,12-/m1/s1. The monoisotopic (exact) mass is 244 g/mol. The smallest absolute Gasteiger partial charge is 0.214 e. The number of hydrogen-bond acceptors (Lipinski definition) is 6. The molecule has 1 N–H and O–H groups in total. The SMILES string of the molecule is C[C@H]1C(C#N)(C#N)[C@@]2(C#N)C(=N)O[C@@]1(C)O[C@@H]2C. The van der Waals surface area contributed by atoms with E-state index in [0.29, 0.717) is 0 Å². The van der Waals surface area contributed by atoms with Crippen molar-refractivity contribution in [1.82, 2.24) is 0 Å². The highest BCUT2D eigenvalue weighted by molar-refractivity contribution is 5.88. The topological polar surface area (TPSA) is 114 Å². The lowest BCUT2D eigenvalue weighted by Gasteiger charge is -2.60. The normalized spacial score (nSPS) is 44.3. The molecule has 3 aliphatic heterocycles. The summed E-state index contributed by atoms with van der Waals surface area (Å²) in [6, 6.07) is 5.81. The van der Waals surface area contributed by atoms with Crippen molar-refractivity contribution in [2.75, 3.05) is 0 Å². The fourth-order valence-corrected chi connectivity index (χ4v) is 2.98. The molecule has 92 valence electrons. The van der Waals surface area contributed by atoms with Crippen LogP contribution in [-0.4, -0.2) is 17.8 Å². The molecule has 3 heterocycles. The van der Waals surface area contributed by atoms with Crippen LogP contribution in [0, 0.1) is 56.2 Å². The lowest BCUT2D eigenvalue weighted by molar-refractivity contribution is -0.331. The van der Waals surface area contributed by atoms with Gasteiger partial charge in [-0.3, -0.25) is 5.41 Å². The molecule has 3 rings (SSSR count). The lowest BCUT2D eigenvalue weighted by Crippen LogP contribution is -2.73. The van der Waals surface area contributed by atoms with Crippen molar-refractivity contribution in [3.8, 4) is 18.2 Å². The van der Waals surface area contributed by atoms with Crippen molar-refractivity contribution in [3.05, 3.63) is 0 Å². The van der Waals surface area contributed by atoms with E-state index in [4.69, 9.17) is 14.9 Å². The van der Waals surface area contributed by atoms with E-state index in [0.717, 1.165) is 0 Å². The first kappa shape index (κ1) is 12.4. The van der Waals surface area contributed by atoms with Gasteiger partial charge in [-0.1, -0.05) is 6.92 Å². The first-order valence-electron chi connectivity index (χ1n) is 5.54. The van der Waals surface area contributed by atoms with E-state index in [9.17, 15) is 15.8 Å². The molecule has 18 heavy (non-hydrogen) atoms. The molecule has 2 bridgehead atoms. The first-order chi connectivity index (χ1) is 8.34. The summed E-state index contributed by atoms with van der Waals surface area (Å²) in [6.07, 6.45) is -0.746. The van der Waals surface area contributed by atoms with Gasteiger partial charge in [0.2, 0.25) is 11.7 Å². The molecule has 0 saturated carbocycles. The van der Waals surface area contributed by atoms with Gasteiger partial charge >= 0.3 is 0 Å². The van der Waals surface area contributed by atoms with Gasteiger partial charge in [0.05, 0.1) is 30.2 Å².